The van der Waals surface area contributed by atoms with E-state index in [4.69, 9.17) is 0 Å². The first-order valence-electron chi connectivity index (χ1n) is 11.2. The molecule has 4 rings (SSSR count). The lowest BCUT2D eigenvalue weighted by atomic mass is 9.97. The van der Waals surface area contributed by atoms with Crippen molar-refractivity contribution in [1.29, 1.82) is 0 Å². The normalized spacial score (nSPS) is 18.1. The highest BCUT2D eigenvalue weighted by Gasteiger charge is 2.34. The van der Waals surface area contributed by atoms with Crippen LogP contribution in [0.25, 0.3) is 0 Å². The van der Waals surface area contributed by atoms with Crippen molar-refractivity contribution in [3.05, 3.63) is 47.0 Å². The molecule has 2 aromatic rings. The van der Waals surface area contributed by atoms with Crippen molar-refractivity contribution < 1.29 is 13.2 Å². The lowest BCUT2D eigenvalue weighted by Gasteiger charge is -2.33. The van der Waals surface area contributed by atoms with Gasteiger partial charge in [-0.1, -0.05) is 29.8 Å². The predicted molar refractivity (Wildman–Crippen MR) is 121 cm³/mol. The number of benzene rings is 1. The summed E-state index contributed by atoms with van der Waals surface area (Å²) in [4.78, 5) is 14.4. The van der Waals surface area contributed by atoms with Crippen molar-refractivity contribution in [2.45, 2.75) is 64.4 Å². The maximum absolute atomic E-state index is 12.6. The topological polar surface area (TPSA) is 100 Å². The zero-order chi connectivity index (χ0) is 22.9. The van der Waals surface area contributed by atoms with Crippen LogP contribution in [0.2, 0.25) is 0 Å². The maximum atomic E-state index is 12.6. The molecule has 0 atom stereocenters. The summed E-state index contributed by atoms with van der Waals surface area (Å²) < 4.78 is 28.5. The third kappa shape index (κ3) is 4.66. The minimum absolute atomic E-state index is 0.103. The van der Waals surface area contributed by atoms with Crippen molar-refractivity contribution in [3.8, 4) is 0 Å². The van der Waals surface area contributed by atoms with E-state index in [1.165, 1.54) is 5.56 Å². The van der Waals surface area contributed by atoms with E-state index in [0.29, 0.717) is 39.3 Å². The van der Waals surface area contributed by atoms with Gasteiger partial charge in [0, 0.05) is 38.6 Å². The molecule has 2 aliphatic heterocycles. The zero-order valence-corrected chi connectivity index (χ0v) is 19.8. The van der Waals surface area contributed by atoms with Gasteiger partial charge in [0.05, 0.1) is 11.8 Å². The number of amides is 2. The average molecular weight is 461 g/mol. The number of hydrogen-bond donors (Lipinski definition) is 1. The van der Waals surface area contributed by atoms with E-state index in [1.807, 2.05) is 31.2 Å². The van der Waals surface area contributed by atoms with Gasteiger partial charge in [-0.25, -0.2) is 17.5 Å². The SMILES string of the molecule is Cc1ccc(CNC(=O)N2CCn3c(nnc3C3CCN(S(=O)(=O)C(C)C)CC3)C2)cc1. The molecule has 0 spiro atoms. The van der Waals surface area contributed by atoms with E-state index in [-0.39, 0.29) is 11.9 Å². The molecule has 32 heavy (non-hydrogen) atoms. The highest BCUT2D eigenvalue weighted by Crippen LogP contribution is 2.30. The van der Waals surface area contributed by atoms with Gasteiger partial charge in [-0.05, 0) is 39.2 Å². The molecule has 174 valence electrons. The molecule has 0 bridgehead atoms. The molecule has 3 heterocycles. The number of hydrogen-bond acceptors (Lipinski definition) is 5. The van der Waals surface area contributed by atoms with Crippen LogP contribution in [0.15, 0.2) is 24.3 Å². The molecule has 0 unspecified atom stereocenters. The van der Waals surface area contributed by atoms with Crippen molar-refractivity contribution in [2.24, 2.45) is 0 Å². The largest absolute Gasteiger partial charge is 0.334 e. The summed E-state index contributed by atoms with van der Waals surface area (Å²) >= 11 is 0. The van der Waals surface area contributed by atoms with Crippen LogP contribution >= 0.6 is 0 Å². The van der Waals surface area contributed by atoms with E-state index in [9.17, 15) is 13.2 Å². The molecular weight excluding hydrogens is 428 g/mol. The molecule has 0 radical (unpaired) electrons. The minimum atomic E-state index is -3.21. The fraction of sp³-hybridized carbons (Fsp3) is 0.591. The Balaban J connectivity index is 1.34. The number of nitrogens with one attached hydrogen (secondary N) is 1. The molecule has 10 heteroatoms. The van der Waals surface area contributed by atoms with E-state index < -0.39 is 15.3 Å². The molecule has 1 aromatic carbocycles. The van der Waals surface area contributed by atoms with Gasteiger partial charge in [-0.3, -0.25) is 0 Å². The Kier molecular flexibility index (Phi) is 6.52. The number of piperidine rings is 1. The van der Waals surface area contributed by atoms with Gasteiger partial charge >= 0.3 is 6.03 Å². The van der Waals surface area contributed by atoms with Crippen LogP contribution in [-0.2, 0) is 29.7 Å². The number of nitrogens with zero attached hydrogens (tertiary/aromatic N) is 5. The van der Waals surface area contributed by atoms with E-state index in [2.05, 4.69) is 20.1 Å². The summed E-state index contributed by atoms with van der Waals surface area (Å²) in [6, 6.07) is 8.01. The molecule has 2 aliphatic rings. The van der Waals surface area contributed by atoms with Crippen LogP contribution in [0, 0.1) is 6.92 Å². The second kappa shape index (κ2) is 9.19. The van der Waals surface area contributed by atoms with E-state index in [0.717, 1.165) is 30.1 Å². The lowest BCUT2D eigenvalue weighted by Crippen LogP contribution is -2.44. The van der Waals surface area contributed by atoms with E-state index >= 15 is 0 Å². The molecule has 1 saturated heterocycles. The van der Waals surface area contributed by atoms with Gasteiger partial charge in [0.15, 0.2) is 5.82 Å². The number of aromatic nitrogens is 3. The van der Waals surface area contributed by atoms with Crippen LogP contribution in [0.3, 0.4) is 0 Å². The lowest BCUT2D eigenvalue weighted by molar-refractivity contribution is 0.180. The number of fused-ring (bicyclic) bond motifs is 1. The second-order valence-corrected chi connectivity index (χ2v) is 11.4. The molecule has 1 aromatic heterocycles. The molecular formula is C22H32N6O3S. The predicted octanol–water partition coefficient (Wildman–Crippen LogP) is 2.23. The van der Waals surface area contributed by atoms with Gasteiger partial charge in [0.25, 0.3) is 0 Å². The van der Waals surface area contributed by atoms with E-state index in [1.54, 1.807) is 23.1 Å². The monoisotopic (exact) mass is 460 g/mol. The van der Waals surface area contributed by atoms with Crippen molar-refractivity contribution in [1.82, 2.24) is 29.3 Å². The van der Waals surface area contributed by atoms with Gasteiger partial charge in [-0.2, -0.15) is 0 Å². The fourth-order valence-corrected chi connectivity index (χ4v) is 5.63. The van der Waals surface area contributed by atoms with Crippen molar-refractivity contribution in [3.63, 3.8) is 0 Å². The Morgan fingerprint density at radius 2 is 1.78 bits per heavy atom. The number of sulfonamides is 1. The Morgan fingerprint density at radius 1 is 1.09 bits per heavy atom. The number of rotatable bonds is 5. The van der Waals surface area contributed by atoms with Crippen molar-refractivity contribution >= 4 is 16.1 Å². The summed E-state index contributed by atoms with van der Waals surface area (Å²) in [5, 5.41) is 11.4. The van der Waals surface area contributed by atoms with Crippen molar-refractivity contribution in [2.75, 3.05) is 19.6 Å². The first-order valence-corrected chi connectivity index (χ1v) is 12.8. The highest BCUT2D eigenvalue weighted by molar-refractivity contribution is 7.89. The molecule has 9 nitrogen and oxygen atoms in total. The number of carbonyl (C=O) groups excluding carboxylic acids is 1. The van der Waals surface area contributed by atoms with Crippen LogP contribution in [-0.4, -0.2) is 63.3 Å². The summed E-state index contributed by atoms with van der Waals surface area (Å²) in [5.41, 5.74) is 2.26. The number of carbonyl (C=O) groups is 1. The Labute approximate surface area is 189 Å². The smallest absolute Gasteiger partial charge is 0.318 e. The summed E-state index contributed by atoms with van der Waals surface area (Å²) in [6.07, 6.45) is 1.48. The standard InChI is InChI=1S/C22H32N6O3S/c1-16(2)32(30,31)27-10-8-19(9-11-27)21-25-24-20-15-26(12-13-28(20)21)22(29)23-14-18-6-4-17(3)5-7-18/h4-7,16,19H,8-15H2,1-3H3,(H,23,29). The molecule has 0 saturated carbocycles. The van der Waals surface area contributed by atoms with Crippen LogP contribution in [0.5, 0.6) is 0 Å². The third-order valence-electron chi connectivity index (χ3n) is 6.41. The maximum Gasteiger partial charge on any atom is 0.318 e. The highest BCUT2D eigenvalue weighted by atomic mass is 32.2. The summed E-state index contributed by atoms with van der Waals surface area (Å²) in [7, 11) is -3.21. The number of urea groups is 1. The summed E-state index contributed by atoms with van der Waals surface area (Å²) in [6.45, 7) is 8.68. The minimum Gasteiger partial charge on any atom is -0.334 e. The van der Waals surface area contributed by atoms with Gasteiger partial charge in [0.2, 0.25) is 10.0 Å². The average Bonchev–Trinajstić information content (AvgIpc) is 3.21. The van der Waals surface area contributed by atoms with Gasteiger partial charge in [-0.15, -0.1) is 10.2 Å². The summed E-state index contributed by atoms with van der Waals surface area (Å²) in [5.74, 6) is 1.90. The van der Waals surface area contributed by atoms with Crippen LogP contribution < -0.4 is 5.32 Å². The molecule has 0 aliphatic carbocycles. The first kappa shape index (κ1) is 22.7. The Hall–Kier alpha value is -2.46. The zero-order valence-electron chi connectivity index (χ0n) is 19.0. The van der Waals surface area contributed by atoms with Crippen LogP contribution in [0.4, 0.5) is 4.79 Å². The number of aryl methyl sites for hydroxylation is 1. The molecule has 2 amide bonds. The first-order chi connectivity index (χ1) is 15.3. The molecule has 1 fully saturated rings. The fourth-order valence-electron chi connectivity index (χ4n) is 4.32. The molecule has 1 N–H and O–H groups in total. The van der Waals surface area contributed by atoms with Gasteiger partial charge in [0.1, 0.15) is 5.82 Å². The Bertz CT molecular complexity index is 1060. The second-order valence-electron chi connectivity index (χ2n) is 8.96. The van der Waals surface area contributed by atoms with Crippen LogP contribution in [0.1, 0.15) is 55.4 Å². The third-order valence-corrected chi connectivity index (χ3v) is 8.68. The van der Waals surface area contributed by atoms with Gasteiger partial charge < -0.3 is 14.8 Å². The quantitative estimate of drug-likeness (QED) is 0.738. The Morgan fingerprint density at radius 3 is 2.44 bits per heavy atom.